The molecule has 0 aliphatic rings. The number of aryl methyl sites for hydroxylation is 1. The van der Waals surface area contributed by atoms with Crippen molar-refractivity contribution < 1.29 is 0 Å². The Bertz CT molecular complexity index is 513. The van der Waals surface area contributed by atoms with Crippen LogP contribution in [-0.2, 0) is 0 Å². The van der Waals surface area contributed by atoms with Crippen molar-refractivity contribution in [2.45, 2.75) is 30.1 Å². The summed E-state index contributed by atoms with van der Waals surface area (Å²) in [5.74, 6) is 0. The minimum Gasteiger partial charge on any atom is -0.324 e. The van der Waals surface area contributed by atoms with Gasteiger partial charge in [0.15, 0.2) is 5.16 Å². The lowest BCUT2D eigenvalue weighted by Crippen LogP contribution is -2.07. The van der Waals surface area contributed by atoms with Gasteiger partial charge in [0.25, 0.3) is 0 Å². The number of aromatic nitrogens is 3. The summed E-state index contributed by atoms with van der Waals surface area (Å²) in [6, 6.07) is 5.70. The molecule has 0 spiro atoms. The van der Waals surface area contributed by atoms with Crippen molar-refractivity contribution in [2.24, 2.45) is 5.73 Å². The summed E-state index contributed by atoms with van der Waals surface area (Å²) in [5, 5.41) is 1.57. The van der Waals surface area contributed by atoms with Crippen LogP contribution in [0.15, 0.2) is 40.8 Å². The summed E-state index contributed by atoms with van der Waals surface area (Å²) in [7, 11) is 0. The second kappa shape index (κ2) is 5.25. The molecule has 0 saturated carbocycles. The summed E-state index contributed by atoms with van der Waals surface area (Å²) < 4.78 is 0. The predicted molar refractivity (Wildman–Crippen MR) is 67.7 cm³/mol. The van der Waals surface area contributed by atoms with Crippen molar-refractivity contribution in [3.63, 3.8) is 0 Å². The van der Waals surface area contributed by atoms with E-state index in [-0.39, 0.29) is 6.04 Å². The fraction of sp³-hybridized carbons (Fsp3) is 0.250. The standard InChI is InChI=1S/C12H14N4S/c1-8-5-7-15-12(16-8)17-11-10(9(2)13)4-3-6-14-11/h3-7,9H,13H2,1-2H3/t9-/m1/s1. The van der Waals surface area contributed by atoms with Crippen LogP contribution in [0.2, 0.25) is 0 Å². The molecule has 2 heterocycles. The zero-order chi connectivity index (χ0) is 12.3. The van der Waals surface area contributed by atoms with Gasteiger partial charge in [-0.3, -0.25) is 0 Å². The van der Waals surface area contributed by atoms with E-state index in [1.807, 2.05) is 32.0 Å². The van der Waals surface area contributed by atoms with Crippen molar-refractivity contribution in [3.05, 3.63) is 41.9 Å². The Balaban J connectivity index is 2.30. The Morgan fingerprint density at radius 2 is 2.06 bits per heavy atom. The molecule has 17 heavy (non-hydrogen) atoms. The monoisotopic (exact) mass is 246 g/mol. The molecule has 0 fully saturated rings. The maximum atomic E-state index is 5.90. The van der Waals surface area contributed by atoms with E-state index in [1.54, 1.807) is 12.4 Å². The maximum absolute atomic E-state index is 5.90. The van der Waals surface area contributed by atoms with Gasteiger partial charge in [0, 0.05) is 29.7 Å². The largest absolute Gasteiger partial charge is 0.324 e. The lowest BCUT2D eigenvalue weighted by atomic mass is 10.2. The van der Waals surface area contributed by atoms with Crippen molar-refractivity contribution in [2.75, 3.05) is 0 Å². The Morgan fingerprint density at radius 1 is 1.24 bits per heavy atom. The van der Waals surface area contributed by atoms with Gasteiger partial charge in [-0.05, 0) is 37.7 Å². The Morgan fingerprint density at radius 3 is 2.76 bits per heavy atom. The molecule has 2 aromatic rings. The van der Waals surface area contributed by atoms with Crippen molar-refractivity contribution in [1.29, 1.82) is 0 Å². The van der Waals surface area contributed by atoms with Crippen molar-refractivity contribution >= 4 is 11.8 Å². The summed E-state index contributed by atoms with van der Waals surface area (Å²) in [6.07, 6.45) is 3.50. The molecule has 0 aromatic carbocycles. The van der Waals surface area contributed by atoms with E-state index in [4.69, 9.17) is 5.73 Å². The highest BCUT2D eigenvalue weighted by atomic mass is 32.2. The molecule has 2 N–H and O–H groups in total. The fourth-order valence-corrected chi connectivity index (χ4v) is 2.36. The van der Waals surface area contributed by atoms with Gasteiger partial charge in [0.2, 0.25) is 0 Å². The van der Waals surface area contributed by atoms with Crippen LogP contribution in [-0.4, -0.2) is 15.0 Å². The van der Waals surface area contributed by atoms with E-state index in [2.05, 4.69) is 15.0 Å². The quantitative estimate of drug-likeness (QED) is 0.842. The van der Waals surface area contributed by atoms with E-state index in [0.717, 1.165) is 16.3 Å². The molecule has 2 rings (SSSR count). The highest BCUT2D eigenvalue weighted by Gasteiger charge is 2.10. The lowest BCUT2D eigenvalue weighted by molar-refractivity contribution is 0.778. The Labute approximate surface area is 105 Å². The molecule has 0 saturated heterocycles. The molecule has 1 atom stereocenters. The second-order valence-electron chi connectivity index (χ2n) is 3.77. The van der Waals surface area contributed by atoms with Gasteiger partial charge in [0.05, 0.1) is 0 Å². The number of hydrogen-bond donors (Lipinski definition) is 1. The van der Waals surface area contributed by atoms with Gasteiger partial charge in [-0.2, -0.15) is 0 Å². The second-order valence-corrected chi connectivity index (χ2v) is 4.73. The SMILES string of the molecule is Cc1ccnc(Sc2ncccc2[C@@H](C)N)n1. The number of nitrogens with zero attached hydrogens (tertiary/aromatic N) is 3. The van der Waals surface area contributed by atoms with Crippen LogP contribution in [0.3, 0.4) is 0 Å². The first-order chi connectivity index (χ1) is 8.16. The molecule has 88 valence electrons. The Kier molecular flexibility index (Phi) is 3.71. The lowest BCUT2D eigenvalue weighted by Gasteiger charge is -2.09. The third-order valence-corrected chi connectivity index (χ3v) is 3.17. The van der Waals surface area contributed by atoms with E-state index in [1.165, 1.54) is 11.8 Å². The fourth-order valence-electron chi connectivity index (χ4n) is 1.40. The van der Waals surface area contributed by atoms with Gasteiger partial charge in [-0.1, -0.05) is 6.07 Å². The summed E-state index contributed by atoms with van der Waals surface area (Å²) in [6.45, 7) is 3.88. The predicted octanol–water partition coefficient (Wildman–Crippen LogP) is 2.35. The highest BCUT2D eigenvalue weighted by molar-refractivity contribution is 7.99. The average molecular weight is 246 g/mol. The minimum absolute atomic E-state index is 0.0454. The first-order valence-electron chi connectivity index (χ1n) is 5.35. The normalized spacial score (nSPS) is 12.4. The van der Waals surface area contributed by atoms with Crippen LogP contribution < -0.4 is 5.73 Å². The molecule has 5 heteroatoms. The molecular weight excluding hydrogens is 232 g/mol. The summed E-state index contributed by atoms with van der Waals surface area (Å²) >= 11 is 1.44. The van der Waals surface area contributed by atoms with Crippen LogP contribution in [0.5, 0.6) is 0 Å². The van der Waals surface area contributed by atoms with Gasteiger partial charge < -0.3 is 5.73 Å². The molecule has 0 unspecified atom stereocenters. The minimum atomic E-state index is -0.0454. The third kappa shape index (κ3) is 3.01. The molecule has 0 bridgehead atoms. The smallest absolute Gasteiger partial charge is 0.194 e. The zero-order valence-electron chi connectivity index (χ0n) is 9.79. The molecule has 0 radical (unpaired) electrons. The van der Waals surface area contributed by atoms with Crippen LogP contribution in [0.25, 0.3) is 0 Å². The summed E-state index contributed by atoms with van der Waals surface area (Å²) in [4.78, 5) is 12.9. The van der Waals surface area contributed by atoms with Crippen LogP contribution in [0, 0.1) is 6.92 Å². The van der Waals surface area contributed by atoms with Gasteiger partial charge in [-0.25, -0.2) is 15.0 Å². The highest BCUT2D eigenvalue weighted by Crippen LogP contribution is 2.28. The van der Waals surface area contributed by atoms with E-state index in [9.17, 15) is 0 Å². The maximum Gasteiger partial charge on any atom is 0.194 e. The molecule has 0 aliphatic carbocycles. The average Bonchev–Trinajstić information content (AvgIpc) is 2.29. The molecule has 4 nitrogen and oxygen atoms in total. The van der Waals surface area contributed by atoms with E-state index in [0.29, 0.717) is 5.16 Å². The topological polar surface area (TPSA) is 64.7 Å². The molecule has 0 amide bonds. The zero-order valence-corrected chi connectivity index (χ0v) is 10.6. The molecule has 2 aromatic heterocycles. The van der Waals surface area contributed by atoms with Crippen LogP contribution in [0.4, 0.5) is 0 Å². The van der Waals surface area contributed by atoms with E-state index < -0.39 is 0 Å². The first kappa shape index (κ1) is 12.0. The molecular formula is C12H14N4S. The number of hydrogen-bond acceptors (Lipinski definition) is 5. The van der Waals surface area contributed by atoms with Crippen molar-refractivity contribution in [1.82, 2.24) is 15.0 Å². The molecule has 0 aliphatic heterocycles. The van der Waals surface area contributed by atoms with Gasteiger partial charge in [-0.15, -0.1) is 0 Å². The Hall–Kier alpha value is -1.46. The van der Waals surface area contributed by atoms with Gasteiger partial charge >= 0.3 is 0 Å². The summed E-state index contributed by atoms with van der Waals surface area (Å²) in [5.41, 5.74) is 7.87. The number of pyridine rings is 1. The van der Waals surface area contributed by atoms with Gasteiger partial charge in [0.1, 0.15) is 5.03 Å². The van der Waals surface area contributed by atoms with Crippen LogP contribution in [0.1, 0.15) is 24.2 Å². The van der Waals surface area contributed by atoms with Crippen LogP contribution >= 0.6 is 11.8 Å². The first-order valence-corrected chi connectivity index (χ1v) is 6.16. The van der Waals surface area contributed by atoms with E-state index >= 15 is 0 Å². The third-order valence-electron chi connectivity index (χ3n) is 2.25. The number of rotatable bonds is 3. The number of nitrogens with two attached hydrogens (primary N) is 1. The van der Waals surface area contributed by atoms with Crippen molar-refractivity contribution in [3.8, 4) is 0 Å².